The molecule has 1 heterocycles. The average molecular weight is 297 g/mol. The first kappa shape index (κ1) is 13.8. The van der Waals surface area contributed by atoms with Gasteiger partial charge in [0.1, 0.15) is 0 Å². The van der Waals surface area contributed by atoms with Crippen LogP contribution in [0.3, 0.4) is 0 Å². The molecule has 2 aromatic rings. The molecule has 0 radical (unpaired) electrons. The molecule has 0 bridgehead atoms. The standard InChI is InChI=1S/C12H13ClN4OS/c1-2-17-10(15-16-12(17)19)7-14-11(18)8-4-3-5-9(13)6-8/h3-6H,2,7H2,1H3,(H,14,18)(H,16,19). The minimum Gasteiger partial charge on any atom is -0.345 e. The van der Waals surface area contributed by atoms with E-state index in [9.17, 15) is 4.79 Å². The van der Waals surface area contributed by atoms with E-state index in [1.165, 1.54) is 0 Å². The van der Waals surface area contributed by atoms with Crippen LogP contribution in [0.25, 0.3) is 0 Å². The number of hydrogen-bond donors (Lipinski definition) is 2. The molecule has 0 spiro atoms. The molecule has 0 aliphatic carbocycles. The van der Waals surface area contributed by atoms with E-state index in [0.29, 0.717) is 34.3 Å². The zero-order valence-electron chi connectivity index (χ0n) is 10.3. The van der Waals surface area contributed by atoms with Crippen molar-refractivity contribution >= 4 is 29.7 Å². The Labute approximate surface area is 120 Å². The Balaban J connectivity index is 2.06. The Kier molecular flexibility index (Phi) is 4.34. The zero-order valence-corrected chi connectivity index (χ0v) is 11.9. The van der Waals surface area contributed by atoms with Crippen molar-refractivity contribution in [1.82, 2.24) is 20.1 Å². The summed E-state index contributed by atoms with van der Waals surface area (Å²) < 4.78 is 2.38. The lowest BCUT2D eigenvalue weighted by Crippen LogP contribution is -2.24. The largest absolute Gasteiger partial charge is 0.345 e. The first-order chi connectivity index (χ1) is 9.11. The van der Waals surface area contributed by atoms with Crippen LogP contribution in [0.5, 0.6) is 0 Å². The van der Waals surface area contributed by atoms with Gasteiger partial charge in [0.15, 0.2) is 10.6 Å². The van der Waals surface area contributed by atoms with Crippen LogP contribution in [0.2, 0.25) is 5.02 Å². The van der Waals surface area contributed by atoms with E-state index in [2.05, 4.69) is 15.5 Å². The summed E-state index contributed by atoms with van der Waals surface area (Å²) in [5, 5.41) is 10.1. The highest BCUT2D eigenvalue weighted by molar-refractivity contribution is 7.71. The highest BCUT2D eigenvalue weighted by atomic mass is 35.5. The molecular weight excluding hydrogens is 284 g/mol. The second-order valence-electron chi connectivity index (χ2n) is 3.88. The van der Waals surface area contributed by atoms with Crippen molar-refractivity contribution in [3.8, 4) is 0 Å². The summed E-state index contributed by atoms with van der Waals surface area (Å²) in [6.45, 7) is 2.98. The Bertz CT molecular complexity index is 649. The number of H-pyrrole nitrogens is 1. The summed E-state index contributed by atoms with van der Waals surface area (Å²) in [5.74, 6) is 0.502. The Hall–Kier alpha value is -1.66. The number of nitrogens with zero attached hydrogens (tertiary/aromatic N) is 2. The summed E-state index contributed by atoms with van der Waals surface area (Å²) in [4.78, 5) is 11.9. The van der Waals surface area contributed by atoms with Crippen LogP contribution < -0.4 is 5.32 Å². The van der Waals surface area contributed by atoms with Crippen LogP contribution in [-0.4, -0.2) is 20.7 Å². The number of rotatable bonds is 4. The third-order valence-corrected chi connectivity index (χ3v) is 3.19. The van der Waals surface area contributed by atoms with E-state index in [4.69, 9.17) is 23.8 Å². The molecule has 5 nitrogen and oxygen atoms in total. The quantitative estimate of drug-likeness (QED) is 0.852. The maximum absolute atomic E-state index is 11.9. The van der Waals surface area contributed by atoms with Crippen LogP contribution in [-0.2, 0) is 13.1 Å². The van der Waals surface area contributed by atoms with Crippen molar-refractivity contribution < 1.29 is 4.79 Å². The monoisotopic (exact) mass is 296 g/mol. The number of nitrogens with one attached hydrogen (secondary N) is 2. The molecule has 0 unspecified atom stereocenters. The highest BCUT2D eigenvalue weighted by Crippen LogP contribution is 2.10. The molecule has 2 rings (SSSR count). The van der Waals surface area contributed by atoms with Crippen molar-refractivity contribution in [2.45, 2.75) is 20.0 Å². The fraction of sp³-hybridized carbons (Fsp3) is 0.250. The molecule has 2 N–H and O–H groups in total. The predicted octanol–water partition coefficient (Wildman–Crippen LogP) is 2.54. The van der Waals surface area contributed by atoms with Crippen LogP contribution in [0.4, 0.5) is 0 Å². The summed E-state index contributed by atoms with van der Waals surface area (Å²) in [5.41, 5.74) is 0.518. The van der Waals surface area contributed by atoms with Gasteiger partial charge in [-0.05, 0) is 37.3 Å². The van der Waals surface area contributed by atoms with Gasteiger partial charge < -0.3 is 9.88 Å². The Morgan fingerprint density at radius 1 is 1.58 bits per heavy atom. The fourth-order valence-corrected chi connectivity index (χ4v) is 2.17. The summed E-state index contributed by atoms with van der Waals surface area (Å²) in [6.07, 6.45) is 0. The van der Waals surface area contributed by atoms with Gasteiger partial charge >= 0.3 is 0 Å². The lowest BCUT2D eigenvalue weighted by atomic mass is 10.2. The Morgan fingerprint density at radius 2 is 2.37 bits per heavy atom. The molecule has 1 amide bonds. The third-order valence-electron chi connectivity index (χ3n) is 2.65. The molecule has 0 aliphatic rings. The first-order valence-corrected chi connectivity index (χ1v) is 6.58. The topological polar surface area (TPSA) is 62.7 Å². The number of aromatic amines is 1. The maximum Gasteiger partial charge on any atom is 0.251 e. The van der Waals surface area contributed by atoms with Gasteiger partial charge in [0.25, 0.3) is 5.91 Å². The van der Waals surface area contributed by atoms with E-state index in [1.807, 2.05) is 11.5 Å². The number of benzene rings is 1. The van der Waals surface area contributed by atoms with E-state index in [-0.39, 0.29) is 5.91 Å². The molecular formula is C12H13ClN4OS. The number of amides is 1. The molecule has 0 aliphatic heterocycles. The van der Waals surface area contributed by atoms with Crippen LogP contribution in [0, 0.1) is 4.77 Å². The zero-order chi connectivity index (χ0) is 13.8. The number of aromatic nitrogens is 3. The van der Waals surface area contributed by atoms with Gasteiger partial charge in [-0.2, -0.15) is 5.10 Å². The summed E-state index contributed by atoms with van der Waals surface area (Å²) >= 11 is 10.9. The van der Waals surface area contributed by atoms with E-state index >= 15 is 0 Å². The summed E-state index contributed by atoms with van der Waals surface area (Å²) in [6, 6.07) is 6.78. The third kappa shape index (κ3) is 3.21. The smallest absolute Gasteiger partial charge is 0.251 e. The second kappa shape index (κ2) is 5.99. The molecule has 7 heteroatoms. The maximum atomic E-state index is 11.9. The average Bonchev–Trinajstić information content (AvgIpc) is 2.76. The second-order valence-corrected chi connectivity index (χ2v) is 4.71. The van der Waals surface area contributed by atoms with Crippen LogP contribution >= 0.6 is 23.8 Å². The molecule has 1 aromatic carbocycles. The van der Waals surface area contributed by atoms with E-state index in [0.717, 1.165) is 0 Å². The number of hydrogen-bond acceptors (Lipinski definition) is 3. The van der Waals surface area contributed by atoms with Gasteiger partial charge in [-0.15, -0.1) is 0 Å². The van der Waals surface area contributed by atoms with Gasteiger partial charge in [0, 0.05) is 17.1 Å². The number of carbonyl (C=O) groups is 1. The molecule has 19 heavy (non-hydrogen) atoms. The molecule has 0 saturated heterocycles. The van der Waals surface area contributed by atoms with Gasteiger partial charge in [-0.1, -0.05) is 17.7 Å². The molecule has 0 saturated carbocycles. The minimum atomic E-state index is -0.195. The van der Waals surface area contributed by atoms with E-state index in [1.54, 1.807) is 24.3 Å². The van der Waals surface area contributed by atoms with Crippen molar-refractivity contribution in [3.05, 3.63) is 45.4 Å². The highest BCUT2D eigenvalue weighted by Gasteiger charge is 2.09. The summed E-state index contributed by atoms with van der Waals surface area (Å²) in [7, 11) is 0. The van der Waals surface area contributed by atoms with E-state index < -0.39 is 0 Å². The lowest BCUT2D eigenvalue weighted by Gasteiger charge is -2.06. The SMILES string of the molecule is CCn1c(CNC(=O)c2cccc(Cl)c2)n[nH]c1=S. The lowest BCUT2D eigenvalue weighted by molar-refractivity contribution is 0.0949. The van der Waals surface area contributed by atoms with Crippen LogP contribution in [0.15, 0.2) is 24.3 Å². The van der Waals surface area contributed by atoms with Gasteiger partial charge in [0.05, 0.1) is 6.54 Å². The van der Waals surface area contributed by atoms with Gasteiger partial charge in [-0.3, -0.25) is 9.89 Å². The van der Waals surface area contributed by atoms with Crippen molar-refractivity contribution in [2.24, 2.45) is 0 Å². The molecule has 100 valence electrons. The number of halogens is 1. The van der Waals surface area contributed by atoms with Crippen LogP contribution in [0.1, 0.15) is 23.1 Å². The fourth-order valence-electron chi connectivity index (χ4n) is 1.70. The van der Waals surface area contributed by atoms with Crippen molar-refractivity contribution in [2.75, 3.05) is 0 Å². The van der Waals surface area contributed by atoms with Crippen molar-refractivity contribution in [3.63, 3.8) is 0 Å². The molecule has 0 fully saturated rings. The van der Waals surface area contributed by atoms with Gasteiger partial charge in [0.2, 0.25) is 0 Å². The van der Waals surface area contributed by atoms with Gasteiger partial charge in [-0.25, -0.2) is 0 Å². The molecule has 1 aromatic heterocycles. The normalized spacial score (nSPS) is 10.4. The first-order valence-electron chi connectivity index (χ1n) is 5.79. The number of carbonyl (C=O) groups excluding carboxylic acids is 1. The predicted molar refractivity (Wildman–Crippen MR) is 75.7 cm³/mol. The van der Waals surface area contributed by atoms with Crippen molar-refractivity contribution in [1.29, 1.82) is 0 Å². The molecule has 0 atom stereocenters. The minimum absolute atomic E-state index is 0.195. The Morgan fingerprint density at radius 3 is 3.05 bits per heavy atom.